The quantitative estimate of drug-likeness (QED) is 0.363. The molecule has 0 heterocycles. The highest BCUT2D eigenvalue weighted by Gasteiger charge is 1.94. The number of rotatable bonds is 9. The molecule has 0 amide bonds. The SMILES string of the molecule is C/C=C/C(=O)OCCCC.CC=CC(=O)OCCCCC. The van der Waals surface area contributed by atoms with Crippen molar-refractivity contribution in [3.05, 3.63) is 24.3 Å². The molecule has 0 N–H and O–H groups in total. The van der Waals surface area contributed by atoms with E-state index in [-0.39, 0.29) is 11.9 Å². The molecule has 0 radical (unpaired) electrons. The Morgan fingerprint density at radius 1 is 0.762 bits per heavy atom. The normalized spacial score (nSPS) is 10.3. The number of hydrogen-bond donors (Lipinski definition) is 0. The summed E-state index contributed by atoms with van der Waals surface area (Å²) in [5, 5.41) is 0. The van der Waals surface area contributed by atoms with Crippen LogP contribution in [0.2, 0.25) is 0 Å². The minimum absolute atomic E-state index is 0.233. The van der Waals surface area contributed by atoms with Crippen LogP contribution < -0.4 is 0 Å². The van der Waals surface area contributed by atoms with E-state index in [0.29, 0.717) is 13.2 Å². The third-order valence-corrected chi connectivity index (χ3v) is 2.34. The first-order valence-electron chi connectivity index (χ1n) is 7.71. The van der Waals surface area contributed by atoms with Crippen molar-refractivity contribution in [3.63, 3.8) is 0 Å². The van der Waals surface area contributed by atoms with E-state index in [1.54, 1.807) is 26.0 Å². The molecule has 0 aliphatic heterocycles. The summed E-state index contributed by atoms with van der Waals surface area (Å²) in [5.74, 6) is -0.473. The molecule has 122 valence electrons. The van der Waals surface area contributed by atoms with Crippen molar-refractivity contribution in [2.45, 2.75) is 59.8 Å². The Morgan fingerprint density at radius 2 is 1.19 bits per heavy atom. The van der Waals surface area contributed by atoms with E-state index in [4.69, 9.17) is 9.47 Å². The van der Waals surface area contributed by atoms with Crippen LogP contribution in [-0.4, -0.2) is 25.2 Å². The number of unbranched alkanes of at least 4 members (excludes halogenated alkanes) is 3. The van der Waals surface area contributed by atoms with Gasteiger partial charge in [-0.3, -0.25) is 0 Å². The predicted molar refractivity (Wildman–Crippen MR) is 86.0 cm³/mol. The van der Waals surface area contributed by atoms with Crippen molar-refractivity contribution < 1.29 is 19.1 Å². The average Bonchev–Trinajstić information content (AvgIpc) is 2.45. The van der Waals surface area contributed by atoms with Crippen molar-refractivity contribution in [2.75, 3.05) is 13.2 Å². The van der Waals surface area contributed by atoms with Crippen LogP contribution in [0.5, 0.6) is 0 Å². The molecule has 0 atom stereocenters. The molecule has 4 heteroatoms. The van der Waals surface area contributed by atoms with Crippen LogP contribution in [0, 0.1) is 0 Å². The van der Waals surface area contributed by atoms with Crippen LogP contribution in [0.3, 0.4) is 0 Å². The minimum atomic E-state index is -0.240. The van der Waals surface area contributed by atoms with E-state index >= 15 is 0 Å². The Morgan fingerprint density at radius 3 is 1.57 bits per heavy atom. The van der Waals surface area contributed by atoms with E-state index in [1.165, 1.54) is 12.2 Å². The van der Waals surface area contributed by atoms with Gasteiger partial charge in [0.15, 0.2) is 0 Å². The van der Waals surface area contributed by atoms with Crippen molar-refractivity contribution in [1.82, 2.24) is 0 Å². The van der Waals surface area contributed by atoms with Crippen LogP contribution in [-0.2, 0) is 19.1 Å². The lowest BCUT2D eigenvalue weighted by Gasteiger charge is -1.99. The van der Waals surface area contributed by atoms with Gasteiger partial charge in [0.05, 0.1) is 13.2 Å². The van der Waals surface area contributed by atoms with Gasteiger partial charge in [0.25, 0.3) is 0 Å². The fourth-order valence-corrected chi connectivity index (χ4v) is 1.21. The van der Waals surface area contributed by atoms with Crippen molar-refractivity contribution in [3.8, 4) is 0 Å². The summed E-state index contributed by atoms with van der Waals surface area (Å²) in [6, 6.07) is 0. The average molecular weight is 298 g/mol. The van der Waals surface area contributed by atoms with Gasteiger partial charge >= 0.3 is 11.9 Å². The number of carbonyl (C=O) groups excluding carboxylic acids is 2. The molecule has 0 aromatic rings. The Kier molecular flexibility index (Phi) is 19.0. The van der Waals surface area contributed by atoms with E-state index in [9.17, 15) is 9.59 Å². The number of hydrogen-bond acceptors (Lipinski definition) is 4. The molecule has 0 aliphatic carbocycles. The van der Waals surface area contributed by atoms with Gasteiger partial charge in [-0.15, -0.1) is 0 Å². The van der Waals surface area contributed by atoms with Crippen LogP contribution in [0.15, 0.2) is 24.3 Å². The molecule has 0 aliphatic rings. The number of esters is 2. The molecule has 4 nitrogen and oxygen atoms in total. The number of allylic oxidation sites excluding steroid dienone is 2. The zero-order valence-electron chi connectivity index (χ0n) is 13.9. The van der Waals surface area contributed by atoms with E-state index in [1.807, 2.05) is 0 Å². The number of ether oxygens (including phenoxy) is 2. The highest BCUT2D eigenvalue weighted by Crippen LogP contribution is 1.94. The molecule has 0 aromatic heterocycles. The third kappa shape index (κ3) is 20.9. The molecule has 0 bridgehead atoms. The van der Waals surface area contributed by atoms with Crippen LogP contribution >= 0.6 is 0 Å². The van der Waals surface area contributed by atoms with Gasteiger partial charge in [0.1, 0.15) is 0 Å². The first-order valence-corrected chi connectivity index (χ1v) is 7.71. The largest absolute Gasteiger partial charge is 0.463 e. The fraction of sp³-hybridized carbons (Fsp3) is 0.647. The third-order valence-electron chi connectivity index (χ3n) is 2.34. The highest BCUT2D eigenvalue weighted by molar-refractivity contribution is 5.82. The van der Waals surface area contributed by atoms with Gasteiger partial charge in [-0.05, 0) is 26.7 Å². The summed E-state index contributed by atoms with van der Waals surface area (Å²) in [6.07, 6.45) is 11.5. The van der Waals surface area contributed by atoms with Gasteiger partial charge in [-0.25, -0.2) is 9.59 Å². The molecule has 21 heavy (non-hydrogen) atoms. The summed E-state index contributed by atoms with van der Waals surface area (Å²) in [5.41, 5.74) is 0. The zero-order chi connectivity index (χ0) is 16.3. The molecule has 0 spiro atoms. The molecule has 0 fully saturated rings. The van der Waals surface area contributed by atoms with Gasteiger partial charge in [-0.1, -0.05) is 45.3 Å². The Bertz CT molecular complexity index is 306. The second-order valence-corrected chi connectivity index (χ2v) is 4.40. The highest BCUT2D eigenvalue weighted by atomic mass is 16.5. The first kappa shape index (κ1) is 21.7. The fourth-order valence-electron chi connectivity index (χ4n) is 1.21. The van der Waals surface area contributed by atoms with Gasteiger partial charge < -0.3 is 9.47 Å². The van der Waals surface area contributed by atoms with E-state index in [2.05, 4.69) is 13.8 Å². The smallest absolute Gasteiger partial charge is 0.330 e. The van der Waals surface area contributed by atoms with E-state index < -0.39 is 0 Å². The predicted octanol–water partition coefficient (Wildman–Crippen LogP) is 4.20. The van der Waals surface area contributed by atoms with Crippen LogP contribution in [0.25, 0.3) is 0 Å². The lowest BCUT2D eigenvalue weighted by atomic mass is 10.3. The zero-order valence-corrected chi connectivity index (χ0v) is 13.9. The summed E-state index contributed by atoms with van der Waals surface area (Å²) >= 11 is 0. The molecule has 0 aromatic carbocycles. The van der Waals surface area contributed by atoms with E-state index in [0.717, 1.165) is 32.1 Å². The molecule has 0 saturated heterocycles. The molecular weight excluding hydrogens is 268 g/mol. The maximum atomic E-state index is 10.7. The first-order chi connectivity index (χ1) is 10.1. The number of carbonyl (C=O) groups is 2. The molecule has 0 rings (SSSR count). The maximum Gasteiger partial charge on any atom is 0.330 e. The topological polar surface area (TPSA) is 52.6 Å². The lowest BCUT2D eigenvalue weighted by Crippen LogP contribution is -2.01. The van der Waals surface area contributed by atoms with Crippen molar-refractivity contribution in [1.29, 1.82) is 0 Å². The maximum absolute atomic E-state index is 10.7. The molecular formula is C17H30O4. The molecule has 0 unspecified atom stereocenters. The standard InChI is InChI=1S/C9H16O2.C8H14O2/c1-3-5-6-8-11-9(10)7-4-2;1-3-5-7-10-8(9)6-4-2/h4,7H,3,5-6,8H2,1-2H3;4,6H,3,5,7H2,1-2H3/b;6-4+. The summed E-state index contributed by atoms with van der Waals surface area (Å²) in [4.78, 5) is 21.3. The summed E-state index contributed by atoms with van der Waals surface area (Å²) in [6.45, 7) is 8.86. The van der Waals surface area contributed by atoms with Gasteiger partial charge in [0.2, 0.25) is 0 Å². The Labute approximate surface area is 129 Å². The second-order valence-electron chi connectivity index (χ2n) is 4.40. The Balaban J connectivity index is 0. The van der Waals surface area contributed by atoms with Crippen molar-refractivity contribution in [2.24, 2.45) is 0 Å². The van der Waals surface area contributed by atoms with Crippen LogP contribution in [0.4, 0.5) is 0 Å². The monoisotopic (exact) mass is 298 g/mol. The van der Waals surface area contributed by atoms with Gasteiger partial charge in [-0.2, -0.15) is 0 Å². The summed E-state index contributed by atoms with van der Waals surface area (Å²) in [7, 11) is 0. The van der Waals surface area contributed by atoms with Crippen molar-refractivity contribution >= 4 is 11.9 Å². The Hall–Kier alpha value is -1.58. The van der Waals surface area contributed by atoms with Crippen LogP contribution in [0.1, 0.15) is 59.8 Å². The molecule has 0 saturated carbocycles. The minimum Gasteiger partial charge on any atom is -0.463 e. The summed E-state index contributed by atoms with van der Waals surface area (Å²) < 4.78 is 9.66. The second kappa shape index (κ2) is 18.4. The lowest BCUT2D eigenvalue weighted by molar-refractivity contribution is -0.138. The van der Waals surface area contributed by atoms with Gasteiger partial charge in [0, 0.05) is 12.2 Å².